The predicted octanol–water partition coefficient (Wildman–Crippen LogP) is -0.558. The Hall–Kier alpha value is -2.20. The minimum Gasteiger partial charge on any atom is -0.480 e. The van der Waals surface area contributed by atoms with E-state index < -0.39 is 48.1 Å². The third-order valence-electron chi connectivity index (χ3n) is 5.17. The van der Waals surface area contributed by atoms with Gasteiger partial charge in [0.05, 0.1) is 12.1 Å². The number of aliphatic hydroxyl groups is 1. The Morgan fingerprint density at radius 1 is 1.07 bits per heavy atom. The second kappa shape index (κ2) is 11.3. The molecule has 3 amide bonds. The van der Waals surface area contributed by atoms with Crippen molar-refractivity contribution in [1.82, 2.24) is 15.5 Å². The van der Waals surface area contributed by atoms with E-state index in [1.54, 1.807) is 13.8 Å². The highest BCUT2D eigenvalue weighted by atomic mass is 16.4. The lowest BCUT2D eigenvalue weighted by atomic mass is 10.0. The molecule has 1 aliphatic rings. The molecule has 1 saturated heterocycles. The molecule has 1 fully saturated rings. The Bertz CT molecular complexity index is 637. The van der Waals surface area contributed by atoms with Crippen molar-refractivity contribution in [2.75, 3.05) is 6.54 Å². The van der Waals surface area contributed by atoms with Crippen LogP contribution in [0.25, 0.3) is 0 Å². The normalized spacial score (nSPS) is 20.6. The van der Waals surface area contributed by atoms with Gasteiger partial charge in [-0.2, -0.15) is 0 Å². The van der Waals surface area contributed by atoms with Crippen LogP contribution in [0.2, 0.25) is 0 Å². The van der Waals surface area contributed by atoms with Gasteiger partial charge in [0.2, 0.25) is 17.7 Å². The Morgan fingerprint density at radius 3 is 2.13 bits per heavy atom. The van der Waals surface area contributed by atoms with E-state index in [0.29, 0.717) is 25.8 Å². The van der Waals surface area contributed by atoms with Crippen molar-refractivity contribution in [2.45, 2.75) is 84.2 Å². The summed E-state index contributed by atoms with van der Waals surface area (Å²) in [6, 6.07) is -4.00. The van der Waals surface area contributed by atoms with Crippen LogP contribution in [0.15, 0.2) is 0 Å². The van der Waals surface area contributed by atoms with E-state index in [1.807, 2.05) is 13.8 Å². The van der Waals surface area contributed by atoms with Crippen molar-refractivity contribution in [1.29, 1.82) is 0 Å². The van der Waals surface area contributed by atoms with Crippen LogP contribution in [-0.4, -0.2) is 75.6 Å². The molecule has 1 heterocycles. The van der Waals surface area contributed by atoms with Gasteiger partial charge in [-0.15, -0.1) is 0 Å². The number of carbonyl (C=O) groups is 4. The van der Waals surface area contributed by atoms with Crippen LogP contribution < -0.4 is 16.4 Å². The first kappa shape index (κ1) is 25.8. The fourth-order valence-corrected chi connectivity index (χ4v) is 3.54. The molecule has 0 saturated carbocycles. The second-order valence-electron chi connectivity index (χ2n) is 8.72. The van der Waals surface area contributed by atoms with Crippen LogP contribution >= 0.6 is 0 Å². The summed E-state index contributed by atoms with van der Waals surface area (Å²) in [6.07, 6.45) is 0.278. The molecule has 0 bridgehead atoms. The summed E-state index contributed by atoms with van der Waals surface area (Å²) in [5, 5.41) is 24.1. The van der Waals surface area contributed by atoms with E-state index in [9.17, 15) is 29.4 Å². The van der Waals surface area contributed by atoms with Crippen LogP contribution in [0.4, 0.5) is 0 Å². The maximum atomic E-state index is 12.8. The van der Waals surface area contributed by atoms with Gasteiger partial charge in [0.1, 0.15) is 18.1 Å². The topological polar surface area (TPSA) is 162 Å². The van der Waals surface area contributed by atoms with E-state index in [2.05, 4.69) is 10.6 Å². The highest BCUT2D eigenvalue weighted by Gasteiger charge is 2.39. The molecule has 30 heavy (non-hydrogen) atoms. The summed E-state index contributed by atoms with van der Waals surface area (Å²) < 4.78 is 0. The van der Waals surface area contributed by atoms with Gasteiger partial charge in [-0.1, -0.05) is 27.7 Å². The third-order valence-corrected chi connectivity index (χ3v) is 5.17. The molecule has 10 nitrogen and oxygen atoms in total. The number of nitrogens with two attached hydrogens (primary N) is 1. The van der Waals surface area contributed by atoms with Crippen LogP contribution in [0.3, 0.4) is 0 Å². The lowest BCUT2D eigenvalue weighted by Gasteiger charge is -2.30. The van der Waals surface area contributed by atoms with Crippen molar-refractivity contribution in [3.05, 3.63) is 0 Å². The molecular formula is C20H36N4O6. The van der Waals surface area contributed by atoms with Gasteiger partial charge in [-0.25, -0.2) is 4.79 Å². The Morgan fingerprint density at radius 2 is 1.67 bits per heavy atom. The Labute approximate surface area is 177 Å². The van der Waals surface area contributed by atoms with Gasteiger partial charge < -0.3 is 31.5 Å². The van der Waals surface area contributed by atoms with E-state index in [1.165, 1.54) is 11.8 Å². The molecule has 1 rings (SSSR count). The number of aliphatic carboxylic acids is 1. The molecule has 10 heteroatoms. The van der Waals surface area contributed by atoms with Crippen LogP contribution in [0, 0.1) is 11.8 Å². The van der Waals surface area contributed by atoms with Crippen molar-refractivity contribution in [3.8, 4) is 0 Å². The number of aliphatic hydroxyl groups excluding tert-OH is 1. The maximum Gasteiger partial charge on any atom is 0.326 e. The molecule has 0 aromatic rings. The number of carbonyl (C=O) groups excluding carboxylic acids is 3. The third kappa shape index (κ3) is 6.94. The van der Waals surface area contributed by atoms with Crippen molar-refractivity contribution in [3.63, 3.8) is 0 Å². The van der Waals surface area contributed by atoms with E-state index in [4.69, 9.17) is 5.73 Å². The standard InChI is InChI=1S/C20H36N4O6/c1-10(2)9-13(21)19(28)24-8-6-7-14(24)17(26)23-16(12(5)25)18(27)22-15(11(3)4)20(29)30/h10-16,25H,6-9,21H2,1-5H3,(H,22,27)(H,23,26)(H,29,30). The van der Waals surface area contributed by atoms with E-state index in [0.717, 1.165) is 0 Å². The molecule has 5 atom stereocenters. The monoisotopic (exact) mass is 428 g/mol. The molecule has 0 aromatic carbocycles. The number of carboxylic acid groups (broad SMARTS) is 1. The first-order valence-corrected chi connectivity index (χ1v) is 10.4. The van der Waals surface area contributed by atoms with Crippen LogP contribution in [0.1, 0.15) is 53.9 Å². The zero-order valence-electron chi connectivity index (χ0n) is 18.4. The molecule has 0 aromatic heterocycles. The number of hydrogen-bond donors (Lipinski definition) is 5. The summed E-state index contributed by atoms with van der Waals surface area (Å²) in [5.74, 6) is -3.06. The van der Waals surface area contributed by atoms with E-state index >= 15 is 0 Å². The molecule has 0 spiro atoms. The quantitative estimate of drug-likeness (QED) is 0.311. The number of nitrogens with one attached hydrogen (secondary N) is 2. The summed E-state index contributed by atoms with van der Waals surface area (Å²) in [4.78, 5) is 50.8. The van der Waals surface area contributed by atoms with Crippen molar-refractivity contribution in [2.24, 2.45) is 17.6 Å². The number of carboxylic acids is 1. The second-order valence-corrected chi connectivity index (χ2v) is 8.72. The van der Waals surface area contributed by atoms with Gasteiger partial charge in [0.15, 0.2) is 0 Å². The number of amides is 3. The smallest absolute Gasteiger partial charge is 0.326 e. The fraction of sp³-hybridized carbons (Fsp3) is 0.800. The van der Waals surface area contributed by atoms with Gasteiger partial charge in [0.25, 0.3) is 0 Å². The maximum absolute atomic E-state index is 12.8. The van der Waals surface area contributed by atoms with Gasteiger partial charge in [0, 0.05) is 6.54 Å². The first-order valence-electron chi connectivity index (χ1n) is 10.4. The Kier molecular flexibility index (Phi) is 9.70. The highest BCUT2D eigenvalue weighted by molar-refractivity contribution is 5.94. The minimum atomic E-state index is -1.35. The predicted molar refractivity (Wildman–Crippen MR) is 110 cm³/mol. The molecule has 0 aliphatic carbocycles. The average Bonchev–Trinajstić information content (AvgIpc) is 3.11. The van der Waals surface area contributed by atoms with E-state index in [-0.39, 0.29) is 17.7 Å². The lowest BCUT2D eigenvalue weighted by Crippen LogP contribution is -2.60. The number of rotatable bonds is 10. The van der Waals surface area contributed by atoms with Gasteiger partial charge in [-0.05, 0) is 38.0 Å². The summed E-state index contributed by atoms with van der Waals surface area (Å²) in [7, 11) is 0. The molecular weight excluding hydrogens is 392 g/mol. The lowest BCUT2D eigenvalue weighted by molar-refractivity contribution is -0.145. The number of hydrogen-bond acceptors (Lipinski definition) is 6. The largest absolute Gasteiger partial charge is 0.480 e. The summed E-state index contributed by atoms with van der Waals surface area (Å²) in [6.45, 7) is 8.90. The van der Waals surface area contributed by atoms with Crippen molar-refractivity contribution >= 4 is 23.7 Å². The molecule has 6 N–H and O–H groups in total. The first-order chi connectivity index (χ1) is 13.9. The molecule has 1 aliphatic heterocycles. The zero-order valence-corrected chi connectivity index (χ0v) is 18.4. The summed E-state index contributed by atoms with van der Waals surface area (Å²) >= 11 is 0. The fourth-order valence-electron chi connectivity index (χ4n) is 3.54. The SMILES string of the molecule is CC(C)CC(N)C(=O)N1CCCC1C(=O)NC(C(=O)NC(C(=O)O)C(C)C)C(C)O. The van der Waals surface area contributed by atoms with Gasteiger partial charge >= 0.3 is 5.97 Å². The zero-order chi connectivity index (χ0) is 23.2. The molecule has 0 radical (unpaired) electrons. The van der Waals surface area contributed by atoms with Crippen LogP contribution in [-0.2, 0) is 19.2 Å². The average molecular weight is 429 g/mol. The van der Waals surface area contributed by atoms with Crippen LogP contribution in [0.5, 0.6) is 0 Å². The number of likely N-dealkylation sites (tertiary alicyclic amines) is 1. The molecule has 172 valence electrons. The number of nitrogens with zero attached hydrogens (tertiary/aromatic N) is 1. The minimum absolute atomic E-state index is 0.227. The summed E-state index contributed by atoms with van der Waals surface area (Å²) in [5.41, 5.74) is 5.99. The Balaban J connectivity index is 2.88. The van der Waals surface area contributed by atoms with Gasteiger partial charge in [-0.3, -0.25) is 14.4 Å². The molecule has 5 unspecified atom stereocenters. The van der Waals surface area contributed by atoms with Crippen molar-refractivity contribution < 1.29 is 29.4 Å². The highest BCUT2D eigenvalue weighted by Crippen LogP contribution is 2.20.